The van der Waals surface area contributed by atoms with Crippen LogP contribution in [0.2, 0.25) is 0 Å². The molecule has 0 bridgehead atoms. The van der Waals surface area contributed by atoms with Gasteiger partial charge in [0.05, 0.1) is 0 Å². The van der Waals surface area contributed by atoms with Crippen LogP contribution < -0.4 is 20.1 Å². The lowest BCUT2D eigenvalue weighted by atomic mass is 10.1. The van der Waals surface area contributed by atoms with Gasteiger partial charge in [0.2, 0.25) is 6.79 Å². The second-order valence-corrected chi connectivity index (χ2v) is 6.68. The van der Waals surface area contributed by atoms with Gasteiger partial charge in [-0.3, -0.25) is 9.78 Å². The Kier molecular flexibility index (Phi) is 4.29. The molecule has 2 heterocycles. The van der Waals surface area contributed by atoms with Crippen LogP contribution >= 0.6 is 0 Å². The van der Waals surface area contributed by atoms with E-state index in [4.69, 9.17) is 9.47 Å². The number of nitrogens with one attached hydrogen (secondary N) is 2. The van der Waals surface area contributed by atoms with Gasteiger partial charge in [-0.15, -0.1) is 0 Å². The van der Waals surface area contributed by atoms with E-state index in [-0.39, 0.29) is 18.2 Å². The number of aromatic nitrogens is 1. The Balaban J connectivity index is 1.65. The largest absolute Gasteiger partial charge is 0.454 e. The SMILES string of the molecule is CC(C)(C)NC(=O)c1cc(NCc2ccc3c(c2)OCO3)ccn1. The second kappa shape index (κ2) is 6.39. The molecule has 6 nitrogen and oxygen atoms in total. The fraction of sp³-hybridized carbons (Fsp3) is 0.333. The molecule has 0 spiro atoms. The molecule has 3 rings (SSSR count). The summed E-state index contributed by atoms with van der Waals surface area (Å²) in [6.45, 7) is 6.69. The predicted molar refractivity (Wildman–Crippen MR) is 91.3 cm³/mol. The zero-order chi connectivity index (χ0) is 17.2. The molecular weight excluding hydrogens is 306 g/mol. The summed E-state index contributed by atoms with van der Waals surface area (Å²) in [5.74, 6) is 1.34. The van der Waals surface area contributed by atoms with E-state index >= 15 is 0 Å². The summed E-state index contributed by atoms with van der Waals surface area (Å²) in [5, 5.41) is 6.20. The Hall–Kier alpha value is -2.76. The molecular formula is C18H21N3O3. The van der Waals surface area contributed by atoms with Crippen LogP contribution in [0.5, 0.6) is 11.5 Å². The van der Waals surface area contributed by atoms with E-state index in [0.717, 1.165) is 22.7 Å². The number of carbonyl (C=O) groups excluding carboxylic acids is 1. The lowest BCUT2D eigenvalue weighted by molar-refractivity contribution is 0.0914. The van der Waals surface area contributed by atoms with Crippen molar-refractivity contribution in [2.24, 2.45) is 0 Å². The Morgan fingerprint density at radius 3 is 2.75 bits per heavy atom. The lowest BCUT2D eigenvalue weighted by Crippen LogP contribution is -2.40. The van der Waals surface area contributed by atoms with Crippen LogP contribution in [-0.2, 0) is 6.54 Å². The minimum atomic E-state index is -0.297. The lowest BCUT2D eigenvalue weighted by Gasteiger charge is -2.20. The van der Waals surface area contributed by atoms with E-state index in [1.807, 2.05) is 45.0 Å². The third-order valence-electron chi connectivity index (χ3n) is 3.41. The molecule has 126 valence electrons. The van der Waals surface area contributed by atoms with Crippen LogP contribution in [0.3, 0.4) is 0 Å². The quantitative estimate of drug-likeness (QED) is 0.903. The van der Waals surface area contributed by atoms with Gasteiger partial charge in [-0.2, -0.15) is 0 Å². The van der Waals surface area contributed by atoms with E-state index in [1.54, 1.807) is 12.3 Å². The molecule has 1 aliphatic rings. The molecule has 0 unspecified atom stereocenters. The van der Waals surface area contributed by atoms with Crippen LogP contribution in [0, 0.1) is 0 Å². The summed E-state index contributed by atoms with van der Waals surface area (Å²) in [6.07, 6.45) is 1.62. The maximum absolute atomic E-state index is 12.2. The highest BCUT2D eigenvalue weighted by atomic mass is 16.7. The minimum absolute atomic E-state index is 0.186. The summed E-state index contributed by atoms with van der Waals surface area (Å²) < 4.78 is 10.7. The predicted octanol–water partition coefficient (Wildman–Crippen LogP) is 2.95. The number of hydrogen-bond acceptors (Lipinski definition) is 5. The number of fused-ring (bicyclic) bond motifs is 1. The number of nitrogens with zero attached hydrogens (tertiary/aromatic N) is 1. The fourth-order valence-corrected chi connectivity index (χ4v) is 2.32. The molecule has 0 fully saturated rings. The number of pyridine rings is 1. The second-order valence-electron chi connectivity index (χ2n) is 6.68. The van der Waals surface area contributed by atoms with E-state index in [0.29, 0.717) is 12.2 Å². The zero-order valence-electron chi connectivity index (χ0n) is 14.1. The average Bonchev–Trinajstić information content (AvgIpc) is 2.99. The number of rotatable bonds is 4. The van der Waals surface area contributed by atoms with E-state index in [2.05, 4.69) is 15.6 Å². The standard InChI is InChI=1S/C18H21N3O3/c1-18(2,3)21-17(22)14-9-13(6-7-19-14)20-10-12-4-5-15-16(8-12)24-11-23-15/h4-9H,10-11H2,1-3H3,(H,19,20)(H,21,22). The monoisotopic (exact) mass is 327 g/mol. The Morgan fingerprint density at radius 2 is 1.96 bits per heavy atom. The van der Waals surface area contributed by atoms with Crippen LogP contribution in [0.15, 0.2) is 36.5 Å². The smallest absolute Gasteiger partial charge is 0.270 e. The van der Waals surface area contributed by atoms with Crippen LogP contribution in [0.1, 0.15) is 36.8 Å². The normalized spacial score (nSPS) is 12.8. The van der Waals surface area contributed by atoms with Crippen molar-refractivity contribution >= 4 is 11.6 Å². The van der Waals surface area contributed by atoms with Crippen molar-refractivity contribution in [1.82, 2.24) is 10.3 Å². The first-order valence-electron chi connectivity index (χ1n) is 7.82. The molecule has 0 atom stereocenters. The number of amides is 1. The van der Waals surface area contributed by atoms with E-state index in [1.165, 1.54) is 0 Å². The zero-order valence-corrected chi connectivity index (χ0v) is 14.1. The fourth-order valence-electron chi connectivity index (χ4n) is 2.32. The Labute approximate surface area is 141 Å². The Bertz CT molecular complexity index is 753. The molecule has 0 saturated carbocycles. The molecule has 1 amide bonds. The molecule has 2 aromatic rings. The van der Waals surface area contributed by atoms with Gasteiger partial charge < -0.3 is 20.1 Å². The van der Waals surface area contributed by atoms with Gasteiger partial charge in [0.1, 0.15) is 5.69 Å². The first-order valence-corrected chi connectivity index (χ1v) is 7.82. The van der Waals surface area contributed by atoms with Crippen molar-refractivity contribution in [2.75, 3.05) is 12.1 Å². The van der Waals surface area contributed by atoms with Gasteiger partial charge in [0.25, 0.3) is 5.91 Å². The molecule has 24 heavy (non-hydrogen) atoms. The molecule has 2 N–H and O–H groups in total. The number of ether oxygens (including phenoxy) is 2. The maximum Gasteiger partial charge on any atom is 0.270 e. The number of anilines is 1. The van der Waals surface area contributed by atoms with Crippen molar-refractivity contribution in [2.45, 2.75) is 32.9 Å². The molecule has 1 aliphatic heterocycles. The molecule has 1 aromatic heterocycles. The maximum atomic E-state index is 12.2. The number of carbonyl (C=O) groups is 1. The van der Waals surface area contributed by atoms with Gasteiger partial charge in [-0.25, -0.2) is 0 Å². The first kappa shape index (κ1) is 16.1. The summed E-state index contributed by atoms with van der Waals surface area (Å²) >= 11 is 0. The van der Waals surface area contributed by atoms with Gasteiger partial charge >= 0.3 is 0 Å². The highest BCUT2D eigenvalue weighted by Crippen LogP contribution is 2.32. The molecule has 0 aliphatic carbocycles. The summed E-state index contributed by atoms with van der Waals surface area (Å²) in [5.41, 5.74) is 1.99. The third kappa shape index (κ3) is 3.95. The van der Waals surface area contributed by atoms with E-state index in [9.17, 15) is 4.79 Å². The van der Waals surface area contributed by atoms with Crippen LogP contribution in [0.4, 0.5) is 5.69 Å². The topological polar surface area (TPSA) is 72.5 Å². The summed E-state index contributed by atoms with van der Waals surface area (Å²) in [7, 11) is 0. The van der Waals surface area contributed by atoms with E-state index < -0.39 is 0 Å². The third-order valence-corrected chi connectivity index (χ3v) is 3.41. The van der Waals surface area contributed by atoms with Gasteiger partial charge in [-0.1, -0.05) is 6.07 Å². The highest BCUT2D eigenvalue weighted by molar-refractivity contribution is 5.93. The summed E-state index contributed by atoms with van der Waals surface area (Å²) in [4.78, 5) is 16.3. The van der Waals surface area contributed by atoms with Crippen LogP contribution in [0.25, 0.3) is 0 Å². The minimum Gasteiger partial charge on any atom is -0.454 e. The van der Waals surface area contributed by atoms with Gasteiger partial charge in [0.15, 0.2) is 11.5 Å². The Morgan fingerprint density at radius 1 is 1.17 bits per heavy atom. The summed E-state index contributed by atoms with van der Waals surface area (Å²) in [6, 6.07) is 9.40. The van der Waals surface area contributed by atoms with Crippen LogP contribution in [-0.4, -0.2) is 23.2 Å². The van der Waals surface area contributed by atoms with Crippen molar-refractivity contribution in [3.05, 3.63) is 47.8 Å². The molecule has 0 radical (unpaired) electrons. The van der Waals surface area contributed by atoms with Gasteiger partial charge in [-0.05, 0) is 50.6 Å². The van der Waals surface area contributed by atoms with Crippen molar-refractivity contribution in [3.8, 4) is 11.5 Å². The molecule has 0 saturated heterocycles. The number of benzene rings is 1. The molecule has 1 aromatic carbocycles. The number of hydrogen-bond donors (Lipinski definition) is 2. The average molecular weight is 327 g/mol. The molecule has 6 heteroatoms. The van der Waals surface area contributed by atoms with Crippen molar-refractivity contribution < 1.29 is 14.3 Å². The van der Waals surface area contributed by atoms with Gasteiger partial charge in [0, 0.05) is 24.0 Å². The van der Waals surface area contributed by atoms with Crippen molar-refractivity contribution in [3.63, 3.8) is 0 Å². The van der Waals surface area contributed by atoms with Crippen molar-refractivity contribution in [1.29, 1.82) is 0 Å². The highest BCUT2D eigenvalue weighted by Gasteiger charge is 2.16. The first-order chi connectivity index (χ1) is 11.4.